The molecule has 0 aliphatic carbocycles. The molecule has 0 aliphatic heterocycles. The van der Waals surface area contributed by atoms with Crippen LogP contribution in [-0.4, -0.2) is 24.1 Å². The highest BCUT2D eigenvalue weighted by molar-refractivity contribution is 5.69. The van der Waals surface area contributed by atoms with Crippen molar-refractivity contribution in [3.8, 4) is 11.4 Å². The van der Waals surface area contributed by atoms with Gasteiger partial charge in [0, 0.05) is 38.2 Å². The highest BCUT2D eigenvalue weighted by atomic mass is 16.1. The van der Waals surface area contributed by atoms with Crippen LogP contribution in [-0.2, 0) is 19.6 Å². The molecular formula is C20H22N6O. The largest absolute Gasteiger partial charge is 0.366 e. The van der Waals surface area contributed by atoms with Crippen molar-refractivity contribution in [1.82, 2.24) is 24.1 Å². The van der Waals surface area contributed by atoms with Gasteiger partial charge in [0.15, 0.2) is 0 Å². The number of aromatic amines is 2. The first-order chi connectivity index (χ1) is 13.3. The van der Waals surface area contributed by atoms with E-state index in [1.807, 2.05) is 47.3 Å². The summed E-state index contributed by atoms with van der Waals surface area (Å²) in [6.45, 7) is 2.08. The molecular weight excluding hydrogens is 340 g/mol. The lowest BCUT2D eigenvalue weighted by molar-refractivity contribution is 0.556. The number of nitrogens with zero attached hydrogens (tertiary/aromatic N) is 3. The predicted octanol–water partition coefficient (Wildman–Crippen LogP) is 3.07. The lowest BCUT2D eigenvalue weighted by Gasteiger charge is -2.10. The van der Waals surface area contributed by atoms with Gasteiger partial charge in [0.25, 0.3) is 0 Å². The quantitative estimate of drug-likeness (QED) is 0.450. The molecule has 7 nitrogen and oxygen atoms in total. The second-order valence-electron chi connectivity index (χ2n) is 6.38. The summed E-state index contributed by atoms with van der Waals surface area (Å²) in [5.41, 5.74) is 2.81. The zero-order chi connectivity index (χ0) is 18.5. The molecule has 3 aromatic heterocycles. The number of H-pyrrole nitrogens is 2. The van der Waals surface area contributed by atoms with Crippen LogP contribution in [0.5, 0.6) is 0 Å². The van der Waals surface area contributed by atoms with Crippen LogP contribution in [0.4, 0.5) is 5.82 Å². The van der Waals surface area contributed by atoms with Gasteiger partial charge >= 0.3 is 5.69 Å². The number of aryl methyl sites for hydroxylation is 1. The van der Waals surface area contributed by atoms with Gasteiger partial charge in [-0.05, 0) is 24.1 Å². The molecule has 3 heterocycles. The van der Waals surface area contributed by atoms with Crippen molar-refractivity contribution in [1.29, 1.82) is 0 Å². The van der Waals surface area contributed by atoms with Crippen molar-refractivity contribution in [2.75, 3.05) is 5.32 Å². The molecule has 0 aliphatic rings. The molecule has 0 amide bonds. The number of nitrogens with one attached hydrogen (secondary N) is 3. The summed E-state index contributed by atoms with van der Waals surface area (Å²) in [5.74, 6) is 0.730. The number of benzene rings is 1. The molecule has 4 aromatic rings. The zero-order valence-corrected chi connectivity index (χ0v) is 14.9. The van der Waals surface area contributed by atoms with E-state index >= 15 is 0 Å². The normalized spacial score (nSPS) is 11.0. The fraction of sp³-hybridized carbons (Fsp3) is 0.200. The molecule has 0 saturated heterocycles. The van der Waals surface area contributed by atoms with Crippen LogP contribution in [0.15, 0.2) is 72.2 Å². The maximum Gasteiger partial charge on any atom is 0.327 e. The van der Waals surface area contributed by atoms with Gasteiger partial charge in [-0.3, -0.25) is 9.55 Å². The Labute approximate surface area is 156 Å². The Morgan fingerprint density at radius 1 is 1.07 bits per heavy atom. The van der Waals surface area contributed by atoms with Gasteiger partial charge in [-0.25, -0.2) is 9.78 Å². The summed E-state index contributed by atoms with van der Waals surface area (Å²) in [6, 6.07) is 14.0. The predicted molar refractivity (Wildman–Crippen MR) is 105 cm³/mol. The second-order valence-corrected chi connectivity index (χ2v) is 6.38. The Balaban J connectivity index is 1.56. The molecule has 138 valence electrons. The number of imidazole rings is 2. The maximum absolute atomic E-state index is 12.6. The van der Waals surface area contributed by atoms with Crippen LogP contribution >= 0.6 is 0 Å². The molecule has 4 rings (SSSR count). The first-order valence-electron chi connectivity index (χ1n) is 9.01. The van der Waals surface area contributed by atoms with Gasteiger partial charge in [-0.2, -0.15) is 0 Å². The van der Waals surface area contributed by atoms with Crippen LogP contribution in [0, 0.1) is 0 Å². The Hall–Kier alpha value is -3.48. The Bertz CT molecular complexity index is 1010. The Morgan fingerprint density at radius 3 is 2.70 bits per heavy atom. The molecule has 3 N–H and O–H groups in total. The number of rotatable bonds is 8. The fourth-order valence-electron chi connectivity index (χ4n) is 3.19. The van der Waals surface area contributed by atoms with Crippen LogP contribution in [0.25, 0.3) is 11.4 Å². The van der Waals surface area contributed by atoms with Gasteiger partial charge in [0.05, 0.1) is 12.0 Å². The number of hydrogen-bond acceptors (Lipinski definition) is 3. The van der Waals surface area contributed by atoms with Crippen molar-refractivity contribution >= 4 is 5.82 Å². The summed E-state index contributed by atoms with van der Waals surface area (Å²) in [6.07, 6.45) is 8.18. The third kappa shape index (κ3) is 3.87. The van der Waals surface area contributed by atoms with Crippen LogP contribution in [0.1, 0.15) is 12.0 Å². The Kier molecular flexibility index (Phi) is 4.91. The first-order valence-corrected chi connectivity index (χ1v) is 9.01. The van der Waals surface area contributed by atoms with E-state index in [2.05, 4.69) is 32.4 Å². The molecule has 7 heteroatoms. The van der Waals surface area contributed by atoms with E-state index in [1.165, 1.54) is 0 Å². The fourth-order valence-corrected chi connectivity index (χ4v) is 3.19. The van der Waals surface area contributed by atoms with Crippen molar-refractivity contribution in [3.05, 3.63) is 83.4 Å². The summed E-state index contributed by atoms with van der Waals surface area (Å²) < 4.78 is 3.80. The first kappa shape index (κ1) is 17.0. The SMILES string of the molecule is O=c1[nH]c(NCc2ccccc2)c(-c2ccc[nH]2)n1CCCn1ccnc1. The number of aromatic nitrogens is 5. The molecule has 0 saturated carbocycles. The lowest BCUT2D eigenvalue weighted by atomic mass is 10.2. The molecule has 0 unspecified atom stereocenters. The van der Waals surface area contributed by atoms with E-state index < -0.39 is 0 Å². The van der Waals surface area contributed by atoms with Crippen LogP contribution in [0.3, 0.4) is 0 Å². The molecule has 1 aromatic carbocycles. The average Bonchev–Trinajstić information content (AvgIpc) is 3.43. The maximum atomic E-state index is 12.6. The van der Waals surface area contributed by atoms with Gasteiger partial charge in [-0.1, -0.05) is 30.3 Å². The third-order valence-electron chi connectivity index (χ3n) is 4.51. The second kappa shape index (κ2) is 7.82. The average molecular weight is 362 g/mol. The minimum Gasteiger partial charge on any atom is -0.366 e. The van der Waals surface area contributed by atoms with Gasteiger partial charge in [0.2, 0.25) is 0 Å². The topological polar surface area (TPSA) is 83.4 Å². The molecule has 0 atom stereocenters. The molecule has 27 heavy (non-hydrogen) atoms. The summed E-state index contributed by atoms with van der Waals surface area (Å²) >= 11 is 0. The number of anilines is 1. The summed E-state index contributed by atoms with van der Waals surface area (Å²) in [5, 5.41) is 3.37. The van der Waals surface area contributed by atoms with Crippen LogP contribution < -0.4 is 11.0 Å². The minimum absolute atomic E-state index is 0.110. The van der Waals surface area contributed by atoms with E-state index in [4.69, 9.17) is 0 Å². The van der Waals surface area contributed by atoms with Crippen molar-refractivity contribution in [3.63, 3.8) is 0 Å². The monoisotopic (exact) mass is 362 g/mol. The van der Waals surface area contributed by atoms with E-state index in [1.54, 1.807) is 17.1 Å². The minimum atomic E-state index is -0.110. The van der Waals surface area contributed by atoms with E-state index in [-0.39, 0.29) is 5.69 Å². The lowest BCUT2D eigenvalue weighted by Crippen LogP contribution is -2.18. The van der Waals surface area contributed by atoms with Crippen molar-refractivity contribution < 1.29 is 0 Å². The van der Waals surface area contributed by atoms with Crippen molar-refractivity contribution in [2.45, 2.75) is 26.1 Å². The zero-order valence-electron chi connectivity index (χ0n) is 14.9. The van der Waals surface area contributed by atoms with Gasteiger partial charge in [-0.15, -0.1) is 0 Å². The highest BCUT2D eigenvalue weighted by Crippen LogP contribution is 2.24. The van der Waals surface area contributed by atoms with E-state index in [9.17, 15) is 4.79 Å². The smallest absolute Gasteiger partial charge is 0.327 e. The standard InChI is InChI=1S/C20H22N6O/c27-20-24-19(23-14-16-6-2-1-3-7-16)18(17-8-4-9-22-17)26(20)12-5-11-25-13-10-21-15-25/h1-4,6-10,13,15,22-23H,5,11-12,14H2,(H,24,27). The Morgan fingerprint density at radius 2 is 1.96 bits per heavy atom. The molecule has 0 fully saturated rings. The highest BCUT2D eigenvalue weighted by Gasteiger charge is 2.16. The van der Waals surface area contributed by atoms with Crippen LogP contribution in [0.2, 0.25) is 0 Å². The molecule has 0 spiro atoms. The van der Waals surface area contributed by atoms with E-state index in [0.717, 1.165) is 35.7 Å². The van der Waals surface area contributed by atoms with E-state index in [0.29, 0.717) is 13.1 Å². The summed E-state index contributed by atoms with van der Waals surface area (Å²) in [7, 11) is 0. The molecule has 0 bridgehead atoms. The van der Waals surface area contributed by atoms with Gasteiger partial charge in [0.1, 0.15) is 11.5 Å². The van der Waals surface area contributed by atoms with Crippen molar-refractivity contribution in [2.24, 2.45) is 0 Å². The van der Waals surface area contributed by atoms with Gasteiger partial charge < -0.3 is 14.9 Å². The third-order valence-corrected chi connectivity index (χ3v) is 4.51. The number of hydrogen-bond donors (Lipinski definition) is 3. The summed E-state index contributed by atoms with van der Waals surface area (Å²) in [4.78, 5) is 22.8. The molecule has 0 radical (unpaired) electrons.